The van der Waals surface area contributed by atoms with Crippen molar-refractivity contribution in [2.75, 3.05) is 17.2 Å². The van der Waals surface area contributed by atoms with E-state index in [0.29, 0.717) is 0 Å². The molecule has 0 aliphatic carbocycles. The van der Waals surface area contributed by atoms with Crippen molar-refractivity contribution < 1.29 is 9.53 Å². The van der Waals surface area contributed by atoms with E-state index in [1.54, 1.807) is 0 Å². The Bertz CT molecular complexity index is 700. The summed E-state index contributed by atoms with van der Waals surface area (Å²) in [5.74, 6) is 0.723. The summed E-state index contributed by atoms with van der Waals surface area (Å²) in [6, 6.07) is 11.8. The van der Waals surface area contributed by atoms with Crippen molar-refractivity contribution in [3.05, 3.63) is 53.1 Å². The van der Waals surface area contributed by atoms with E-state index in [0.717, 1.165) is 28.3 Å². The Balaban J connectivity index is 1.97. The molecule has 0 fully saturated rings. The second kappa shape index (κ2) is 7.86. The van der Waals surface area contributed by atoms with Gasteiger partial charge in [-0.05, 0) is 57.9 Å². The quantitative estimate of drug-likeness (QED) is 0.824. The van der Waals surface area contributed by atoms with Crippen LogP contribution in [0.2, 0.25) is 0 Å². The Morgan fingerprint density at radius 2 is 1.75 bits per heavy atom. The average Bonchev–Trinajstić information content (AvgIpc) is 2.48. The van der Waals surface area contributed by atoms with Crippen LogP contribution in [0.3, 0.4) is 0 Å². The van der Waals surface area contributed by atoms with Gasteiger partial charge in [0.1, 0.15) is 5.75 Å². The number of aryl methyl sites for hydroxylation is 3. The molecule has 0 unspecified atom stereocenters. The summed E-state index contributed by atoms with van der Waals surface area (Å²) in [5.41, 5.74) is 5.11. The molecule has 0 atom stereocenters. The van der Waals surface area contributed by atoms with Gasteiger partial charge in [0, 0.05) is 17.4 Å². The molecule has 2 aromatic carbocycles. The number of carbonyl (C=O) groups excluding carboxylic acids is 1. The van der Waals surface area contributed by atoms with E-state index >= 15 is 0 Å². The largest absolute Gasteiger partial charge is 0.491 e. The highest BCUT2D eigenvalue weighted by atomic mass is 16.5. The fraction of sp³-hybridized carbons (Fsp3) is 0.350. The molecule has 0 spiro atoms. The molecule has 0 aromatic heterocycles. The Hall–Kier alpha value is -2.49. The highest BCUT2D eigenvalue weighted by Gasteiger charge is 2.08. The number of hydrogen-bond donors (Lipinski definition) is 2. The van der Waals surface area contributed by atoms with E-state index < -0.39 is 0 Å². The smallest absolute Gasteiger partial charge is 0.243 e. The van der Waals surface area contributed by atoms with Gasteiger partial charge in [-0.3, -0.25) is 4.79 Å². The van der Waals surface area contributed by atoms with Gasteiger partial charge < -0.3 is 15.4 Å². The molecule has 4 nitrogen and oxygen atoms in total. The number of nitrogens with one attached hydrogen (secondary N) is 2. The van der Waals surface area contributed by atoms with Crippen molar-refractivity contribution in [3.8, 4) is 5.75 Å². The zero-order valence-electron chi connectivity index (χ0n) is 15.1. The summed E-state index contributed by atoms with van der Waals surface area (Å²) in [7, 11) is 0. The zero-order valence-corrected chi connectivity index (χ0v) is 15.1. The first-order valence-corrected chi connectivity index (χ1v) is 8.23. The number of benzene rings is 2. The van der Waals surface area contributed by atoms with Crippen LogP contribution in [0.4, 0.5) is 11.4 Å². The summed E-state index contributed by atoms with van der Waals surface area (Å²) in [5, 5.41) is 6.13. The lowest BCUT2D eigenvalue weighted by Gasteiger charge is -2.14. The number of carbonyl (C=O) groups is 1. The van der Waals surface area contributed by atoms with Crippen LogP contribution < -0.4 is 15.4 Å². The predicted octanol–water partition coefficient (Wildman–Crippen LogP) is 4.45. The molecule has 0 radical (unpaired) electrons. The Labute approximate surface area is 144 Å². The molecule has 0 aliphatic rings. The molecule has 0 aliphatic heterocycles. The van der Waals surface area contributed by atoms with Crippen molar-refractivity contribution in [2.24, 2.45) is 0 Å². The lowest BCUT2D eigenvalue weighted by atomic mass is 10.1. The SMILES string of the molecule is Cc1cc(C)c(NC(=O)CNc2cccc(OC(C)C)c2)c(C)c1. The summed E-state index contributed by atoms with van der Waals surface area (Å²) in [6.07, 6.45) is 0.121. The maximum atomic E-state index is 12.2. The van der Waals surface area contributed by atoms with Crippen molar-refractivity contribution in [3.63, 3.8) is 0 Å². The van der Waals surface area contributed by atoms with Gasteiger partial charge in [0.05, 0.1) is 12.6 Å². The molecule has 1 amide bonds. The van der Waals surface area contributed by atoms with Crippen molar-refractivity contribution in [1.29, 1.82) is 0 Å². The van der Waals surface area contributed by atoms with Crippen LogP contribution in [0.15, 0.2) is 36.4 Å². The molecule has 0 saturated carbocycles. The summed E-state index contributed by atoms with van der Waals surface area (Å²) in [4.78, 5) is 12.2. The third-order valence-electron chi connectivity index (χ3n) is 3.60. The van der Waals surface area contributed by atoms with Gasteiger partial charge in [-0.15, -0.1) is 0 Å². The van der Waals surface area contributed by atoms with E-state index in [4.69, 9.17) is 4.74 Å². The van der Waals surface area contributed by atoms with Crippen LogP contribution in [0.5, 0.6) is 5.75 Å². The van der Waals surface area contributed by atoms with Gasteiger partial charge >= 0.3 is 0 Å². The molecule has 0 heterocycles. The van der Waals surface area contributed by atoms with Crippen molar-refractivity contribution in [1.82, 2.24) is 0 Å². The summed E-state index contributed by atoms with van der Waals surface area (Å²) < 4.78 is 5.66. The Morgan fingerprint density at radius 1 is 1.08 bits per heavy atom. The summed E-state index contributed by atoms with van der Waals surface area (Å²) >= 11 is 0. The van der Waals surface area contributed by atoms with Gasteiger partial charge in [0.2, 0.25) is 5.91 Å². The van der Waals surface area contributed by atoms with Gasteiger partial charge in [-0.25, -0.2) is 0 Å². The summed E-state index contributed by atoms with van der Waals surface area (Å²) in [6.45, 7) is 10.3. The van der Waals surface area contributed by atoms with Crippen LogP contribution >= 0.6 is 0 Å². The Morgan fingerprint density at radius 3 is 2.38 bits per heavy atom. The first kappa shape index (κ1) is 17.9. The van der Waals surface area contributed by atoms with Crippen LogP contribution in [0, 0.1) is 20.8 Å². The molecule has 0 bridgehead atoms. The van der Waals surface area contributed by atoms with Gasteiger partial charge in [0.15, 0.2) is 0 Å². The maximum absolute atomic E-state index is 12.2. The standard InChI is InChI=1S/C20H26N2O2/c1-13(2)24-18-8-6-7-17(11-18)21-12-19(23)22-20-15(4)9-14(3)10-16(20)5/h6-11,13,21H,12H2,1-5H3,(H,22,23). The van der Waals surface area contributed by atoms with E-state index in [2.05, 4.69) is 29.7 Å². The minimum atomic E-state index is -0.0692. The highest BCUT2D eigenvalue weighted by Crippen LogP contribution is 2.22. The van der Waals surface area contributed by atoms with E-state index in [1.165, 1.54) is 5.56 Å². The molecular weight excluding hydrogens is 300 g/mol. The fourth-order valence-electron chi connectivity index (χ4n) is 2.69. The third kappa shape index (κ3) is 5.01. The molecule has 24 heavy (non-hydrogen) atoms. The lowest BCUT2D eigenvalue weighted by Crippen LogP contribution is -2.22. The number of hydrogen-bond acceptors (Lipinski definition) is 3. The monoisotopic (exact) mass is 326 g/mol. The average molecular weight is 326 g/mol. The number of ether oxygens (including phenoxy) is 1. The fourth-order valence-corrected chi connectivity index (χ4v) is 2.69. The Kier molecular flexibility index (Phi) is 5.85. The molecule has 2 rings (SSSR count). The molecule has 2 aromatic rings. The second-order valence-electron chi connectivity index (χ2n) is 6.37. The van der Waals surface area contributed by atoms with Crippen LogP contribution in [-0.4, -0.2) is 18.6 Å². The van der Waals surface area contributed by atoms with E-state index in [1.807, 2.05) is 52.0 Å². The van der Waals surface area contributed by atoms with Crippen LogP contribution in [0.25, 0.3) is 0 Å². The second-order valence-corrected chi connectivity index (χ2v) is 6.37. The molecule has 128 valence electrons. The van der Waals surface area contributed by atoms with Crippen molar-refractivity contribution >= 4 is 17.3 Å². The topological polar surface area (TPSA) is 50.4 Å². The molecule has 0 saturated heterocycles. The highest BCUT2D eigenvalue weighted by molar-refractivity contribution is 5.95. The number of rotatable bonds is 6. The number of anilines is 2. The van der Waals surface area contributed by atoms with E-state index in [-0.39, 0.29) is 18.6 Å². The van der Waals surface area contributed by atoms with E-state index in [9.17, 15) is 4.79 Å². The normalized spacial score (nSPS) is 10.6. The molecular formula is C20H26N2O2. The third-order valence-corrected chi connectivity index (χ3v) is 3.60. The first-order chi connectivity index (χ1) is 11.3. The minimum Gasteiger partial charge on any atom is -0.491 e. The minimum absolute atomic E-state index is 0.0692. The zero-order chi connectivity index (χ0) is 17.7. The number of amides is 1. The van der Waals surface area contributed by atoms with Crippen molar-refractivity contribution in [2.45, 2.75) is 40.7 Å². The lowest BCUT2D eigenvalue weighted by molar-refractivity contribution is -0.114. The van der Waals surface area contributed by atoms with Gasteiger partial charge in [-0.1, -0.05) is 23.8 Å². The van der Waals surface area contributed by atoms with Gasteiger partial charge in [0.25, 0.3) is 0 Å². The van der Waals surface area contributed by atoms with Gasteiger partial charge in [-0.2, -0.15) is 0 Å². The molecule has 2 N–H and O–H groups in total. The maximum Gasteiger partial charge on any atom is 0.243 e. The first-order valence-electron chi connectivity index (χ1n) is 8.23. The molecule has 4 heteroatoms. The predicted molar refractivity (Wildman–Crippen MR) is 100.0 cm³/mol. The van der Waals surface area contributed by atoms with Crippen LogP contribution in [-0.2, 0) is 4.79 Å². The van der Waals surface area contributed by atoms with Crippen LogP contribution in [0.1, 0.15) is 30.5 Å².